The number of hydrogen-bond donors (Lipinski definition) is 1. The Morgan fingerprint density at radius 3 is 2.06 bits per heavy atom. The van der Waals surface area contributed by atoms with E-state index in [1.54, 1.807) is 0 Å². The summed E-state index contributed by atoms with van der Waals surface area (Å²) >= 11 is 0. The van der Waals surface area contributed by atoms with Gasteiger partial charge in [0.05, 0.1) is 6.10 Å². The molecule has 2 unspecified atom stereocenters. The van der Waals surface area contributed by atoms with Crippen LogP contribution in [-0.4, -0.2) is 52.2 Å². The van der Waals surface area contributed by atoms with E-state index in [2.05, 4.69) is 9.80 Å². The van der Waals surface area contributed by atoms with Crippen LogP contribution in [-0.2, 0) is 0 Å². The van der Waals surface area contributed by atoms with Gasteiger partial charge >= 0.3 is 6.03 Å². The quantitative estimate of drug-likeness (QED) is 0.716. The Bertz CT molecular complexity index is 299. The van der Waals surface area contributed by atoms with E-state index in [9.17, 15) is 9.90 Å². The number of nitrogens with zero attached hydrogens (tertiary/aromatic N) is 2. The standard InChI is InChI=1S/C14H24N2O2/c17-13-9-11-5-6-12(10-13)16(11)14(18)15-7-3-1-2-4-8-15/h11-13,17H,1-10H2. The van der Waals surface area contributed by atoms with Crippen molar-refractivity contribution in [1.82, 2.24) is 9.80 Å². The molecule has 2 atom stereocenters. The van der Waals surface area contributed by atoms with Crippen molar-refractivity contribution in [2.75, 3.05) is 13.1 Å². The lowest BCUT2D eigenvalue weighted by Crippen LogP contribution is -2.53. The molecule has 0 radical (unpaired) electrons. The first kappa shape index (κ1) is 12.3. The molecule has 3 aliphatic heterocycles. The zero-order valence-electron chi connectivity index (χ0n) is 11.1. The molecule has 0 spiro atoms. The van der Waals surface area contributed by atoms with E-state index >= 15 is 0 Å². The van der Waals surface area contributed by atoms with Crippen molar-refractivity contribution in [2.24, 2.45) is 0 Å². The largest absolute Gasteiger partial charge is 0.393 e. The summed E-state index contributed by atoms with van der Waals surface area (Å²) in [6.45, 7) is 1.86. The number of aliphatic hydroxyl groups is 1. The molecule has 0 aromatic heterocycles. The van der Waals surface area contributed by atoms with Crippen LogP contribution in [0.25, 0.3) is 0 Å². The Labute approximate surface area is 109 Å². The average Bonchev–Trinajstić information content (AvgIpc) is 2.59. The lowest BCUT2D eigenvalue weighted by Gasteiger charge is -2.40. The maximum atomic E-state index is 12.6. The summed E-state index contributed by atoms with van der Waals surface area (Å²) in [6, 6.07) is 0.848. The summed E-state index contributed by atoms with van der Waals surface area (Å²) in [5, 5.41) is 9.79. The van der Waals surface area contributed by atoms with Gasteiger partial charge in [0.2, 0.25) is 0 Å². The third-order valence-electron chi connectivity index (χ3n) is 4.81. The van der Waals surface area contributed by atoms with Crippen LogP contribution in [0.2, 0.25) is 0 Å². The van der Waals surface area contributed by atoms with Crippen LogP contribution in [0.3, 0.4) is 0 Å². The number of hydrogen-bond acceptors (Lipinski definition) is 2. The van der Waals surface area contributed by atoms with Crippen molar-refractivity contribution in [3.63, 3.8) is 0 Å². The van der Waals surface area contributed by atoms with Crippen molar-refractivity contribution in [2.45, 2.75) is 69.6 Å². The van der Waals surface area contributed by atoms with E-state index in [1.807, 2.05) is 0 Å². The van der Waals surface area contributed by atoms with Gasteiger partial charge in [0.25, 0.3) is 0 Å². The maximum absolute atomic E-state index is 12.6. The van der Waals surface area contributed by atoms with Gasteiger partial charge in [-0.1, -0.05) is 12.8 Å². The summed E-state index contributed by atoms with van der Waals surface area (Å²) in [6.07, 6.45) is 8.38. The minimum atomic E-state index is -0.185. The highest BCUT2D eigenvalue weighted by Gasteiger charge is 2.44. The fourth-order valence-corrected chi connectivity index (χ4v) is 3.89. The number of piperidine rings is 1. The molecule has 102 valence electrons. The highest BCUT2D eigenvalue weighted by molar-refractivity contribution is 5.75. The van der Waals surface area contributed by atoms with Gasteiger partial charge in [-0.05, 0) is 38.5 Å². The van der Waals surface area contributed by atoms with E-state index in [0.29, 0.717) is 12.1 Å². The van der Waals surface area contributed by atoms with Crippen LogP contribution >= 0.6 is 0 Å². The smallest absolute Gasteiger partial charge is 0.320 e. The number of amides is 2. The predicted molar refractivity (Wildman–Crippen MR) is 69.3 cm³/mol. The molecule has 2 amide bonds. The highest BCUT2D eigenvalue weighted by atomic mass is 16.3. The zero-order chi connectivity index (χ0) is 12.5. The van der Waals surface area contributed by atoms with Crippen molar-refractivity contribution in [1.29, 1.82) is 0 Å². The first-order valence-corrected chi connectivity index (χ1v) is 7.51. The number of carbonyl (C=O) groups is 1. The molecule has 0 aromatic carbocycles. The van der Waals surface area contributed by atoms with Crippen LogP contribution in [0.4, 0.5) is 4.79 Å². The predicted octanol–water partition coefficient (Wildman–Crippen LogP) is 1.97. The molecule has 4 heteroatoms. The van der Waals surface area contributed by atoms with Gasteiger partial charge in [-0.15, -0.1) is 0 Å². The fraction of sp³-hybridized carbons (Fsp3) is 0.929. The highest BCUT2D eigenvalue weighted by Crippen LogP contribution is 2.36. The molecule has 1 N–H and O–H groups in total. The van der Waals surface area contributed by atoms with Crippen LogP contribution in [0.5, 0.6) is 0 Å². The van der Waals surface area contributed by atoms with E-state index < -0.39 is 0 Å². The molecule has 18 heavy (non-hydrogen) atoms. The van der Waals surface area contributed by atoms with Crippen LogP contribution < -0.4 is 0 Å². The average molecular weight is 252 g/mol. The van der Waals surface area contributed by atoms with Crippen molar-refractivity contribution < 1.29 is 9.90 Å². The van der Waals surface area contributed by atoms with E-state index in [1.165, 1.54) is 12.8 Å². The molecule has 3 rings (SSSR count). The Morgan fingerprint density at radius 2 is 1.50 bits per heavy atom. The lowest BCUT2D eigenvalue weighted by molar-refractivity contribution is 0.0431. The van der Waals surface area contributed by atoms with Gasteiger partial charge in [0.1, 0.15) is 0 Å². The lowest BCUT2D eigenvalue weighted by atomic mass is 10.0. The second-order valence-corrected chi connectivity index (χ2v) is 6.10. The molecule has 0 aromatic rings. The number of urea groups is 1. The number of fused-ring (bicyclic) bond motifs is 2. The molecule has 0 saturated carbocycles. The van der Waals surface area contributed by atoms with Gasteiger partial charge in [-0.25, -0.2) is 4.79 Å². The Morgan fingerprint density at radius 1 is 0.944 bits per heavy atom. The number of carbonyl (C=O) groups excluding carboxylic acids is 1. The molecular formula is C14H24N2O2. The molecule has 4 nitrogen and oxygen atoms in total. The first-order chi connectivity index (χ1) is 8.75. The summed E-state index contributed by atoms with van der Waals surface area (Å²) in [5.41, 5.74) is 0. The number of likely N-dealkylation sites (tertiary alicyclic amines) is 1. The minimum Gasteiger partial charge on any atom is -0.393 e. The number of aliphatic hydroxyl groups excluding tert-OH is 1. The van der Waals surface area contributed by atoms with Gasteiger partial charge < -0.3 is 14.9 Å². The summed E-state index contributed by atoms with van der Waals surface area (Å²) < 4.78 is 0. The van der Waals surface area contributed by atoms with Gasteiger partial charge in [0.15, 0.2) is 0 Å². The van der Waals surface area contributed by atoms with Gasteiger partial charge in [-0.2, -0.15) is 0 Å². The normalized spacial score (nSPS) is 36.6. The third kappa shape index (κ3) is 2.22. The Kier molecular flexibility index (Phi) is 3.46. The van der Waals surface area contributed by atoms with Crippen LogP contribution in [0, 0.1) is 0 Å². The second-order valence-electron chi connectivity index (χ2n) is 6.10. The summed E-state index contributed by atoms with van der Waals surface area (Å²) in [5.74, 6) is 0. The maximum Gasteiger partial charge on any atom is 0.320 e. The monoisotopic (exact) mass is 252 g/mol. The Balaban J connectivity index is 1.68. The van der Waals surface area contributed by atoms with Gasteiger partial charge in [-0.3, -0.25) is 0 Å². The van der Waals surface area contributed by atoms with Crippen LogP contribution in [0.1, 0.15) is 51.4 Å². The molecule has 0 aliphatic carbocycles. The topological polar surface area (TPSA) is 43.8 Å². The Hall–Kier alpha value is -0.770. The van der Waals surface area contributed by atoms with E-state index in [-0.39, 0.29) is 12.1 Å². The minimum absolute atomic E-state index is 0.185. The molecule has 3 fully saturated rings. The van der Waals surface area contributed by atoms with Crippen molar-refractivity contribution >= 4 is 6.03 Å². The fourth-order valence-electron chi connectivity index (χ4n) is 3.89. The van der Waals surface area contributed by atoms with Crippen LogP contribution in [0.15, 0.2) is 0 Å². The summed E-state index contributed by atoms with van der Waals surface area (Å²) in [4.78, 5) is 16.8. The first-order valence-electron chi connectivity index (χ1n) is 7.51. The zero-order valence-corrected chi connectivity index (χ0v) is 11.1. The van der Waals surface area contributed by atoms with Crippen molar-refractivity contribution in [3.05, 3.63) is 0 Å². The molecule has 3 heterocycles. The van der Waals surface area contributed by atoms with Gasteiger partial charge in [0, 0.05) is 25.2 Å². The SMILES string of the molecule is O=C(N1CCCCCC1)N1C2CCC1CC(O)C2. The van der Waals surface area contributed by atoms with Crippen molar-refractivity contribution in [3.8, 4) is 0 Å². The van der Waals surface area contributed by atoms with E-state index in [4.69, 9.17) is 0 Å². The number of rotatable bonds is 0. The molecular weight excluding hydrogens is 228 g/mol. The third-order valence-corrected chi connectivity index (χ3v) is 4.81. The molecule has 3 saturated heterocycles. The molecule has 3 aliphatic rings. The second kappa shape index (κ2) is 5.08. The summed E-state index contributed by atoms with van der Waals surface area (Å²) in [7, 11) is 0. The van der Waals surface area contributed by atoms with E-state index in [0.717, 1.165) is 51.6 Å². The molecule has 2 bridgehead atoms.